The van der Waals surface area contributed by atoms with Crippen LogP contribution in [0, 0.1) is 5.53 Å². The first kappa shape index (κ1) is 12.2. The summed E-state index contributed by atoms with van der Waals surface area (Å²) in [5.41, 5.74) is 7.22. The number of carboxylic acid groups (broad SMARTS) is 1. The van der Waals surface area contributed by atoms with Crippen molar-refractivity contribution in [1.29, 1.82) is 5.53 Å². The molecule has 0 saturated heterocycles. The maximum atomic E-state index is 10.6. The lowest BCUT2D eigenvalue weighted by Gasteiger charge is -2.12. The van der Waals surface area contributed by atoms with Crippen molar-refractivity contribution in [3.05, 3.63) is 34.9 Å². The van der Waals surface area contributed by atoms with E-state index in [1.807, 2.05) is 0 Å². The number of rotatable bonds is 4. The van der Waals surface area contributed by atoms with Gasteiger partial charge in [0.2, 0.25) is 4.91 Å². The Morgan fingerprint density at radius 1 is 1.69 bits per heavy atom. The summed E-state index contributed by atoms with van der Waals surface area (Å²) in [6.45, 7) is 0.0656. The second kappa shape index (κ2) is 5.85. The molecule has 0 saturated carbocycles. The molecule has 0 aromatic heterocycles. The standard InChI is InChI=1S/C9H9ClN4O2/c10-7-3-1-2-6(4-7)8(5-12-14-11)13-9(15)16/h1-4,8,11,13H,5H2/p+1. The van der Waals surface area contributed by atoms with Gasteiger partial charge in [-0.2, -0.15) is 0 Å². The van der Waals surface area contributed by atoms with Crippen LogP contribution in [0.25, 0.3) is 0 Å². The van der Waals surface area contributed by atoms with E-state index in [9.17, 15) is 4.79 Å². The minimum atomic E-state index is -1.16. The molecule has 0 bridgehead atoms. The average molecular weight is 242 g/mol. The van der Waals surface area contributed by atoms with Crippen LogP contribution in [0.4, 0.5) is 4.79 Å². The Labute approximate surface area is 96.5 Å². The first-order chi connectivity index (χ1) is 7.63. The fraction of sp³-hybridized carbons (Fsp3) is 0.222. The molecule has 1 rings (SSSR count). The number of amides is 1. The number of nitrogens with one attached hydrogen (secondary N) is 2. The van der Waals surface area contributed by atoms with Crippen LogP contribution in [-0.4, -0.2) is 17.7 Å². The summed E-state index contributed by atoms with van der Waals surface area (Å²) in [4.78, 5) is 13.4. The number of hydrogen-bond acceptors (Lipinski definition) is 3. The number of benzene rings is 1. The Morgan fingerprint density at radius 2 is 2.44 bits per heavy atom. The predicted octanol–water partition coefficient (Wildman–Crippen LogP) is 2.20. The van der Waals surface area contributed by atoms with E-state index in [1.165, 1.54) is 0 Å². The van der Waals surface area contributed by atoms with Crippen molar-refractivity contribution in [2.24, 2.45) is 5.11 Å². The molecule has 1 unspecified atom stereocenters. The number of nitrogens with zero attached hydrogens (tertiary/aromatic N) is 2. The van der Waals surface area contributed by atoms with Crippen molar-refractivity contribution >= 4 is 17.7 Å². The third-order valence-electron chi connectivity index (χ3n) is 1.88. The zero-order valence-electron chi connectivity index (χ0n) is 8.22. The molecule has 7 heteroatoms. The summed E-state index contributed by atoms with van der Waals surface area (Å²) in [5.74, 6) is 0. The molecular weight excluding hydrogens is 232 g/mol. The van der Waals surface area contributed by atoms with Crippen molar-refractivity contribution in [3.63, 3.8) is 0 Å². The van der Waals surface area contributed by atoms with Crippen molar-refractivity contribution < 1.29 is 9.90 Å². The molecule has 84 valence electrons. The molecule has 0 aliphatic carbocycles. The van der Waals surface area contributed by atoms with Gasteiger partial charge in [0.15, 0.2) is 0 Å². The fourth-order valence-corrected chi connectivity index (χ4v) is 1.43. The van der Waals surface area contributed by atoms with E-state index in [0.717, 1.165) is 0 Å². The molecule has 16 heavy (non-hydrogen) atoms. The van der Waals surface area contributed by atoms with Crippen LogP contribution in [0.15, 0.2) is 29.4 Å². The van der Waals surface area contributed by atoms with Gasteiger partial charge < -0.3 is 10.4 Å². The van der Waals surface area contributed by atoms with Crippen LogP contribution < -0.4 is 10.2 Å². The number of hydrogen-bond donors (Lipinski definition) is 3. The lowest BCUT2D eigenvalue weighted by atomic mass is 10.1. The van der Waals surface area contributed by atoms with Crippen molar-refractivity contribution in [2.75, 3.05) is 6.54 Å². The first-order valence-corrected chi connectivity index (χ1v) is 4.79. The van der Waals surface area contributed by atoms with Gasteiger partial charge in [-0.05, 0) is 17.7 Å². The second-order valence-electron chi connectivity index (χ2n) is 2.98. The minimum Gasteiger partial charge on any atom is -0.465 e. The van der Waals surface area contributed by atoms with Crippen LogP contribution in [0.1, 0.15) is 11.6 Å². The molecule has 1 aromatic rings. The topological polar surface area (TPSA) is 99.6 Å². The highest BCUT2D eigenvalue weighted by molar-refractivity contribution is 6.30. The second-order valence-corrected chi connectivity index (χ2v) is 3.42. The molecule has 1 atom stereocenters. The number of carbonyl (C=O) groups is 1. The van der Waals surface area contributed by atoms with E-state index in [4.69, 9.17) is 22.2 Å². The van der Waals surface area contributed by atoms with Gasteiger partial charge in [-0.15, -0.1) is 0 Å². The summed E-state index contributed by atoms with van der Waals surface area (Å²) in [6.07, 6.45) is -1.16. The van der Waals surface area contributed by atoms with Crippen LogP contribution in [0.3, 0.4) is 0 Å². The largest absolute Gasteiger partial charge is 0.465 e. The average Bonchev–Trinajstić information content (AvgIpc) is 2.23. The maximum absolute atomic E-state index is 10.6. The van der Waals surface area contributed by atoms with Crippen molar-refractivity contribution in [3.8, 4) is 0 Å². The fourth-order valence-electron chi connectivity index (χ4n) is 1.23. The van der Waals surface area contributed by atoms with Crippen molar-refractivity contribution in [2.45, 2.75) is 6.04 Å². The highest BCUT2D eigenvalue weighted by Crippen LogP contribution is 2.18. The zero-order valence-corrected chi connectivity index (χ0v) is 8.98. The molecule has 6 nitrogen and oxygen atoms in total. The van der Waals surface area contributed by atoms with E-state index in [0.29, 0.717) is 10.6 Å². The third kappa shape index (κ3) is 3.68. The Balaban J connectivity index is 2.90. The Bertz CT molecular complexity index is 427. The molecule has 3 N–H and O–H groups in total. The Kier molecular flexibility index (Phi) is 4.44. The molecule has 0 aliphatic rings. The van der Waals surface area contributed by atoms with Gasteiger partial charge in [-0.25, -0.2) is 4.79 Å². The summed E-state index contributed by atoms with van der Waals surface area (Å²) in [5, 5.41) is 14.9. The summed E-state index contributed by atoms with van der Waals surface area (Å²) in [7, 11) is 0. The minimum absolute atomic E-state index is 0.0656. The normalized spacial score (nSPS) is 11.3. The quantitative estimate of drug-likeness (QED) is 0.556. The van der Waals surface area contributed by atoms with Crippen LogP contribution in [0.2, 0.25) is 5.02 Å². The third-order valence-corrected chi connectivity index (χ3v) is 2.12. The van der Waals surface area contributed by atoms with E-state index in [2.05, 4.69) is 15.3 Å². The van der Waals surface area contributed by atoms with Gasteiger partial charge in [-0.1, -0.05) is 23.7 Å². The summed E-state index contributed by atoms with van der Waals surface area (Å²) in [6, 6.07) is 6.22. The van der Waals surface area contributed by atoms with Crippen LogP contribution in [-0.2, 0) is 0 Å². The smallest absolute Gasteiger partial charge is 0.405 e. The van der Waals surface area contributed by atoms with Crippen LogP contribution in [0.5, 0.6) is 0 Å². The van der Waals surface area contributed by atoms with Gasteiger partial charge >= 0.3 is 6.09 Å². The van der Waals surface area contributed by atoms with Gasteiger partial charge in [0, 0.05) is 5.02 Å². The SMILES string of the molecule is N=[N+]=NCC(NC(=O)O)c1cccc(Cl)c1. The summed E-state index contributed by atoms with van der Waals surface area (Å²) >= 11 is 5.79. The molecule has 1 aromatic carbocycles. The lowest BCUT2D eigenvalue weighted by molar-refractivity contribution is 0.190. The summed E-state index contributed by atoms with van der Waals surface area (Å²) < 4.78 is 0. The molecule has 0 fully saturated rings. The maximum Gasteiger partial charge on any atom is 0.405 e. The van der Waals surface area contributed by atoms with Gasteiger partial charge in [0.1, 0.15) is 17.2 Å². The van der Waals surface area contributed by atoms with Crippen LogP contribution >= 0.6 is 11.6 Å². The molecular formula is C9H10ClN4O2+. The molecule has 0 radical (unpaired) electrons. The lowest BCUT2D eigenvalue weighted by Crippen LogP contribution is -2.28. The monoisotopic (exact) mass is 241 g/mol. The van der Waals surface area contributed by atoms with E-state index in [-0.39, 0.29) is 6.54 Å². The van der Waals surface area contributed by atoms with Gasteiger partial charge in [-0.3, -0.25) is 0 Å². The highest BCUT2D eigenvalue weighted by atomic mass is 35.5. The van der Waals surface area contributed by atoms with Gasteiger partial charge in [0.05, 0.1) is 6.04 Å². The Hall–Kier alpha value is -1.91. The first-order valence-electron chi connectivity index (χ1n) is 4.41. The number of halogens is 1. The van der Waals surface area contributed by atoms with Gasteiger partial charge in [0.25, 0.3) is 0 Å². The van der Waals surface area contributed by atoms with E-state index in [1.54, 1.807) is 24.3 Å². The van der Waals surface area contributed by atoms with E-state index < -0.39 is 12.1 Å². The molecule has 0 aliphatic heterocycles. The Morgan fingerprint density at radius 3 is 3.00 bits per heavy atom. The van der Waals surface area contributed by atoms with E-state index >= 15 is 0 Å². The zero-order chi connectivity index (χ0) is 12.0. The predicted molar refractivity (Wildman–Crippen MR) is 57.5 cm³/mol. The molecule has 0 spiro atoms. The van der Waals surface area contributed by atoms with Crippen molar-refractivity contribution in [1.82, 2.24) is 10.2 Å². The highest BCUT2D eigenvalue weighted by Gasteiger charge is 2.15. The molecule has 1 amide bonds. The molecule has 0 heterocycles.